The number of rotatable bonds is 4. The lowest BCUT2D eigenvalue weighted by Crippen LogP contribution is -2.25. The monoisotopic (exact) mass is 165 g/mol. The Morgan fingerprint density at radius 1 is 1.60 bits per heavy atom. The van der Waals surface area contributed by atoms with Crippen LogP contribution in [0.15, 0.2) is 0 Å². The summed E-state index contributed by atoms with van der Waals surface area (Å²) in [6.45, 7) is 4.38. The number of hydrogen-bond donors (Lipinski definition) is 2. The van der Waals surface area contributed by atoms with Crippen molar-refractivity contribution in [2.24, 2.45) is 0 Å². The van der Waals surface area contributed by atoms with Gasteiger partial charge in [-0.3, -0.25) is 0 Å². The Labute approximate surface area is 62.8 Å². The van der Waals surface area contributed by atoms with E-state index in [-0.39, 0.29) is 0 Å². The number of hydrogen-bond acceptors (Lipinski definition) is 1. The zero-order valence-electron chi connectivity index (χ0n) is 6.46. The van der Waals surface area contributed by atoms with Crippen molar-refractivity contribution in [1.29, 1.82) is 0 Å². The van der Waals surface area contributed by atoms with Crippen molar-refractivity contribution in [2.75, 3.05) is 6.54 Å². The van der Waals surface area contributed by atoms with Gasteiger partial charge < -0.3 is 4.55 Å². The Kier molecular flexibility index (Phi) is 4.68. The molecule has 0 aliphatic rings. The third kappa shape index (κ3) is 4.78. The summed E-state index contributed by atoms with van der Waals surface area (Å²) >= 11 is 0. The molecule has 0 rings (SSSR count). The third-order valence-electron chi connectivity index (χ3n) is 0.951. The summed E-state index contributed by atoms with van der Waals surface area (Å²) in [5.74, 6) is 0. The Morgan fingerprint density at radius 3 is 2.60 bits per heavy atom. The van der Waals surface area contributed by atoms with Gasteiger partial charge in [-0.1, -0.05) is 13.8 Å². The molecule has 0 bridgehead atoms. The van der Waals surface area contributed by atoms with Gasteiger partial charge >= 0.3 is 0 Å². The van der Waals surface area contributed by atoms with Crippen LogP contribution in [0.4, 0.5) is 0 Å². The first-order valence-corrected chi connectivity index (χ1v) is 5.04. The van der Waals surface area contributed by atoms with E-state index in [1.54, 1.807) is 0 Å². The summed E-state index contributed by atoms with van der Waals surface area (Å²) in [6, 6.07) is 0. The minimum atomic E-state index is -2.82. The second kappa shape index (κ2) is 4.71. The molecule has 0 aromatic heterocycles. The van der Waals surface area contributed by atoms with Crippen molar-refractivity contribution in [3.63, 3.8) is 0 Å². The van der Waals surface area contributed by atoms with Gasteiger partial charge in [0.05, 0.1) is 0 Å². The zero-order valence-corrected chi connectivity index (χ0v) is 7.28. The molecule has 0 aromatic carbocycles. The first kappa shape index (κ1) is 9.94. The minimum absolute atomic E-state index is 0.589. The maximum Gasteiger partial charge on any atom is 0.141 e. The van der Waals surface area contributed by atoms with E-state index < -0.39 is 9.99 Å². The van der Waals surface area contributed by atoms with E-state index in [0.717, 1.165) is 6.42 Å². The van der Waals surface area contributed by atoms with Crippen molar-refractivity contribution >= 4 is 15.4 Å². The van der Waals surface area contributed by atoms with Crippen LogP contribution in [0, 0.1) is 0 Å². The molecular formula is C6H15NO2S. The highest BCUT2D eigenvalue weighted by molar-refractivity contribution is 7.94. The molecule has 0 radical (unpaired) electrons. The second-order valence-corrected chi connectivity index (χ2v) is 3.80. The predicted octanol–water partition coefficient (Wildman–Crippen LogP) is 0.871. The Morgan fingerprint density at radius 2 is 2.20 bits per heavy atom. The van der Waals surface area contributed by atoms with Gasteiger partial charge in [0.25, 0.3) is 0 Å². The largest absolute Gasteiger partial charge is 0.302 e. The van der Waals surface area contributed by atoms with Crippen LogP contribution in [0.5, 0.6) is 0 Å². The molecule has 4 heteroatoms. The van der Waals surface area contributed by atoms with Gasteiger partial charge in [0.2, 0.25) is 0 Å². The van der Waals surface area contributed by atoms with Gasteiger partial charge in [0.15, 0.2) is 0 Å². The van der Waals surface area contributed by atoms with Crippen LogP contribution in [-0.2, 0) is 9.99 Å². The molecule has 0 saturated carbocycles. The summed E-state index contributed by atoms with van der Waals surface area (Å²) < 4.78 is 22.5. The van der Waals surface area contributed by atoms with Crippen LogP contribution >= 0.6 is 0 Å². The van der Waals surface area contributed by atoms with Gasteiger partial charge in [-0.05, 0) is 12.8 Å². The van der Waals surface area contributed by atoms with Crippen molar-refractivity contribution in [1.82, 2.24) is 4.72 Å². The molecule has 62 valence electrons. The quantitative estimate of drug-likeness (QED) is 0.607. The fraction of sp³-hybridized carbons (Fsp3) is 0.833. The van der Waals surface area contributed by atoms with Crippen LogP contribution in [0.1, 0.15) is 26.7 Å². The molecular weight excluding hydrogens is 150 g/mol. The molecule has 1 unspecified atom stereocenters. The van der Waals surface area contributed by atoms with Gasteiger partial charge in [0, 0.05) is 11.9 Å². The van der Waals surface area contributed by atoms with Crippen molar-refractivity contribution in [2.45, 2.75) is 26.7 Å². The summed E-state index contributed by atoms with van der Waals surface area (Å²) in [5.41, 5.74) is 0. The van der Waals surface area contributed by atoms with E-state index in [1.165, 1.54) is 5.37 Å². The van der Waals surface area contributed by atoms with Gasteiger partial charge in [0.1, 0.15) is 9.99 Å². The average molecular weight is 165 g/mol. The lowest BCUT2D eigenvalue weighted by Gasteiger charge is -2.02. The fourth-order valence-corrected chi connectivity index (χ4v) is 1.60. The Bertz CT molecular complexity index is 182. The van der Waals surface area contributed by atoms with Crippen molar-refractivity contribution in [3.05, 3.63) is 0 Å². The molecule has 0 heterocycles. The molecule has 10 heavy (non-hydrogen) atoms. The zero-order chi connectivity index (χ0) is 8.04. The number of nitrogens with one attached hydrogen (secondary N) is 1. The second-order valence-electron chi connectivity index (χ2n) is 2.04. The molecule has 3 nitrogen and oxygen atoms in total. The van der Waals surface area contributed by atoms with E-state index >= 15 is 0 Å². The first-order valence-electron chi connectivity index (χ1n) is 3.47. The minimum Gasteiger partial charge on any atom is -0.302 e. The highest BCUT2D eigenvalue weighted by Crippen LogP contribution is 1.80. The van der Waals surface area contributed by atoms with E-state index in [2.05, 4.69) is 4.72 Å². The van der Waals surface area contributed by atoms with E-state index in [1.807, 2.05) is 13.8 Å². The summed E-state index contributed by atoms with van der Waals surface area (Å²) in [4.78, 5) is 0. The maximum atomic E-state index is 10.9. The summed E-state index contributed by atoms with van der Waals surface area (Å²) in [6.07, 6.45) is 1.49. The van der Waals surface area contributed by atoms with Crippen LogP contribution in [-0.4, -0.2) is 20.7 Å². The highest BCUT2D eigenvalue weighted by Gasteiger charge is 1.95. The van der Waals surface area contributed by atoms with Crippen molar-refractivity contribution in [3.8, 4) is 0 Å². The Balaban J connectivity index is 3.88. The van der Waals surface area contributed by atoms with Gasteiger partial charge in [-0.15, -0.1) is 0 Å². The molecule has 2 N–H and O–H groups in total. The van der Waals surface area contributed by atoms with Crippen LogP contribution in [0.25, 0.3) is 0 Å². The lowest BCUT2D eigenvalue weighted by molar-refractivity contribution is 0.543. The predicted molar refractivity (Wildman–Crippen MR) is 45.4 cm³/mol. The van der Waals surface area contributed by atoms with Gasteiger partial charge in [-0.2, -0.15) is 0 Å². The SMILES string of the molecule is CCC=S(=O)(O)NCCC. The highest BCUT2D eigenvalue weighted by atomic mass is 32.2. The van der Waals surface area contributed by atoms with E-state index in [4.69, 9.17) is 4.55 Å². The maximum absolute atomic E-state index is 10.9. The van der Waals surface area contributed by atoms with E-state index in [0.29, 0.717) is 13.0 Å². The van der Waals surface area contributed by atoms with Crippen LogP contribution in [0.2, 0.25) is 0 Å². The van der Waals surface area contributed by atoms with Crippen LogP contribution in [0.3, 0.4) is 0 Å². The summed E-state index contributed by atoms with van der Waals surface area (Å²) in [5, 5.41) is 1.39. The molecule has 0 saturated heterocycles. The normalized spacial score (nSPS) is 16.3. The third-order valence-corrected chi connectivity index (χ3v) is 2.35. The molecule has 0 aromatic rings. The summed E-state index contributed by atoms with van der Waals surface area (Å²) in [7, 11) is -2.82. The molecule has 1 atom stereocenters. The molecule has 0 amide bonds. The van der Waals surface area contributed by atoms with E-state index in [9.17, 15) is 4.21 Å². The average Bonchev–Trinajstić information content (AvgIpc) is 1.84. The lowest BCUT2D eigenvalue weighted by atomic mass is 10.5. The first-order chi connectivity index (χ1) is 4.62. The Hall–Kier alpha value is -0.0600. The standard InChI is InChI=1S/C6H15NO2S/c1-3-5-7-10(8,9)6-4-2/h6H,3-5H2,1-2H3,(H2,7,8,9). The fourth-order valence-electron chi connectivity index (χ4n) is 0.533. The van der Waals surface area contributed by atoms with Crippen molar-refractivity contribution < 1.29 is 8.76 Å². The molecule has 0 aliphatic carbocycles. The van der Waals surface area contributed by atoms with Crippen LogP contribution < -0.4 is 4.72 Å². The molecule has 0 aliphatic heterocycles. The topological polar surface area (TPSA) is 49.3 Å². The molecule has 0 spiro atoms. The smallest absolute Gasteiger partial charge is 0.141 e. The molecule has 0 fully saturated rings. The van der Waals surface area contributed by atoms with Gasteiger partial charge in [-0.25, -0.2) is 8.93 Å².